The zero-order valence-corrected chi connectivity index (χ0v) is 19.3. The van der Waals surface area contributed by atoms with E-state index in [0.29, 0.717) is 30.0 Å². The Labute approximate surface area is 176 Å². The van der Waals surface area contributed by atoms with Gasteiger partial charge in [-0.1, -0.05) is 13.8 Å². The number of Topliss-reactive ketones (excluding diaryl/α,β-unsaturated/α-hetero) is 1. The second kappa shape index (κ2) is 6.85. The Balaban J connectivity index is 1.61. The average Bonchev–Trinajstić information content (AvgIpc) is 2.98. The molecule has 6 atom stereocenters. The standard InChI is InChI=1S/C25H40N2O2/c1-23(2,3)27-22(29)19-10-9-16-15-7-8-18-21(26-6)20(28)12-14-24(18,4)17(15)11-13-25(16,19)5/h15-17,19,26H,7-14H2,1-6H3,(H,27,29)/t15-,16-,17-,19+,24+,25-/m0/s1. The van der Waals surface area contributed by atoms with Crippen molar-refractivity contribution in [2.24, 2.45) is 34.5 Å². The van der Waals surface area contributed by atoms with Gasteiger partial charge in [0.2, 0.25) is 5.91 Å². The van der Waals surface area contributed by atoms with Crippen LogP contribution in [0.15, 0.2) is 11.3 Å². The minimum Gasteiger partial charge on any atom is -0.385 e. The Morgan fingerprint density at radius 3 is 2.38 bits per heavy atom. The topological polar surface area (TPSA) is 58.2 Å². The summed E-state index contributed by atoms with van der Waals surface area (Å²) in [5.41, 5.74) is 2.44. The Hall–Kier alpha value is -1.32. The van der Waals surface area contributed by atoms with E-state index in [-0.39, 0.29) is 28.2 Å². The van der Waals surface area contributed by atoms with Crippen molar-refractivity contribution in [1.82, 2.24) is 10.6 Å². The van der Waals surface area contributed by atoms with Crippen LogP contribution < -0.4 is 10.6 Å². The van der Waals surface area contributed by atoms with Crippen LogP contribution in [0.1, 0.15) is 86.0 Å². The molecule has 0 aromatic carbocycles. The van der Waals surface area contributed by atoms with Gasteiger partial charge in [-0.3, -0.25) is 9.59 Å². The van der Waals surface area contributed by atoms with E-state index in [2.05, 4.69) is 45.3 Å². The van der Waals surface area contributed by atoms with E-state index in [1.54, 1.807) is 0 Å². The predicted molar refractivity (Wildman–Crippen MR) is 116 cm³/mol. The highest BCUT2D eigenvalue weighted by atomic mass is 16.2. The van der Waals surface area contributed by atoms with Gasteiger partial charge in [0.25, 0.3) is 0 Å². The van der Waals surface area contributed by atoms with Crippen LogP contribution in [-0.4, -0.2) is 24.3 Å². The molecular formula is C25H40N2O2. The van der Waals surface area contributed by atoms with Crippen LogP contribution in [-0.2, 0) is 9.59 Å². The Bertz CT molecular complexity index is 748. The molecule has 3 fully saturated rings. The molecule has 0 aliphatic heterocycles. The molecule has 0 aromatic rings. The van der Waals surface area contributed by atoms with E-state index in [1.165, 1.54) is 24.8 Å². The third-order valence-corrected chi connectivity index (χ3v) is 9.19. The van der Waals surface area contributed by atoms with E-state index in [0.717, 1.165) is 31.4 Å². The van der Waals surface area contributed by atoms with Crippen molar-refractivity contribution in [2.75, 3.05) is 7.05 Å². The maximum Gasteiger partial charge on any atom is 0.224 e. The van der Waals surface area contributed by atoms with Crippen LogP contribution >= 0.6 is 0 Å². The minimum atomic E-state index is -0.168. The van der Waals surface area contributed by atoms with E-state index < -0.39 is 0 Å². The van der Waals surface area contributed by atoms with E-state index in [4.69, 9.17) is 0 Å². The number of carbonyl (C=O) groups excluding carboxylic acids is 2. The molecule has 0 aromatic heterocycles. The number of rotatable bonds is 2. The minimum absolute atomic E-state index is 0.129. The maximum absolute atomic E-state index is 13.1. The van der Waals surface area contributed by atoms with Gasteiger partial charge < -0.3 is 10.6 Å². The van der Waals surface area contributed by atoms with Gasteiger partial charge in [0.15, 0.2) is 5.78 Å². The molecule has 1 amide bonds. The smallest absolute Gasteiger partial charge is 0.224 e. The lowest BCUT2D eigenvalue weighted by molar-refractivity contribution is -0.134. The lowest BCUT2D eigenvalue weighted by Gasteiger charge is -2.58. The molecule has 0 heterocycles. The van der Waals surface area contributed by atoms with E-state index in [1.807, 2.05) is 7.05 Å². The molecule has 2 N–H and O–H groups in total. The molecule has 4 aliphatic rings. The van der Waals surface area contributed by atoms with Gasteiger partial charge in [-0.25, -0.2) is 0 Å². The van der Waals surface area contributed by atoms with Gasteiger partial charge in [-0.2, -0.15) is 0 Å². The molecule has 4 rings (SSSR count). The molecule has 0 saturated heterocycles. The monoisotopic (exact) mass is 400 g/mol. The highest BCUT2D eigenvalue weighted by molar-refractivity contribution is 5.96. The largest absolute Gasteiger partial charge is 0.385 e. The molecule has 0 unspecified atom stereocenters. The molecule has 3 saturated carbocycles. The van der Waals surface area contributed by atoms with Crippen molar-refractivity contribution in [3.8, 4) is 0 Å². The van der Waals surface area contributed by atoms with E-state index >= 15 is 0 Å². The highest BCUT2D eigenvalue weighted by Gasteiger charge is 2.60. The van der Waals surface area contributed by atoms with Crippen molar-refractivity contribution in [3.63, 3.8) is 0 Å². The highest BCUT2D eigenvalue weighted by Crippen LogP contribution is 2.66. The van der Waals surface area contributed by atoms with Gasteiger partial charge in [-0.15, -0.1) is 0 Å². The number of fused-ring (bicyclic) bond motifs is 5. The molecule has 0 spiro atoms. The van der Waals surface area contributed by atoms with Crippen molar-refractivity contribution in [3.05, 3.63) is 11.3 Å². The summed E-state index contributed by atoms with van der Waals surface area (Å²) in [7, 11) is 1.91. The number of allylic oxidation sites excluding steroid dienone is 1. The maximum atomic E-state index is 13.1. The SMILES string of the molecule is CNC1=C2CC[C@H]3[C@@H]4CC[C@H](C(=O)NC(C)(C)C)[C@@]4(C)CC[C@@H]3[C@@]2(C)CCC1=O. The lowest BCUT2D eigenvalue weighted by atomic mass is 9.46. The van der Waals surface area contributed by atoms with Crippen molar-refractivity contribution in [2.45, 2.75) is 91.5 Å². The van der Waals surface area contributed by atoms with Crippen LogP contribution in [0.25, 0.3) is 0 Å². The fraction of sp³-hybridized carbons (Fsp3) is 0.840. The Kier molecular flexibility index (Phi) is 4.94. The summed E-state index contributed by atoms with van der Waals surface area (Å²) in [5.74, 6) is 2.72. The zero-order chi connectivity index (χ0) is 21.2. The van der Waals surface area contributed by atoms with Crippen LogP contribution in [0.4, 0.5) is 0 Å². The van der Waals surface area contributed by atoms with Crippen LogP contribution in [0.2, 0.25) is 0 Å². The molecule has 4 nitrogen and oxygen atoms in total. The molecule has 4 heteroatoms. The summed E-state index contributed by atoms with van der Waals surface area (Å²) in [4.78, 5) is 25.6. The molecule has 0 radical (unpaired) electrons. The Morgan fingerprint density at radius 1 is 1.00 bits per heavy atom. The predicted octanol–water partition coefficient (Wildman–Crippen LogP) is 4.60. The quantitative estimate of drug-likeness (QED) is 0.712. The first-order valence-corrected chi connectivity index (χ1v) is 11.8. The molecule has 4 aliphatic carbocycles. The molecular weight excluding hydrogens is 360 g/mol. The first-order chi connectivity index (χ1) is 13.5. The van der Waals surface area contributed by atoms with Crippen molar-refractivity contribution >= 4 is 11.7 Å². The molecule has 0 bridgehead atoms. The zero-order valence-electron chi connectivity index (χ0n) is 19.3. The van der Waals surface area contributed by atoms with Gasteiger partial charge in [0.05, 0.1) is 5.70 Å². The van der Waals surface area contributed by atoms with Crippen molar-refractivity contribution < 1.29 is 9.59 Å². The lowest BCUT2D eigenvalue weighted by Crippen LogP contribution is -2.54. The summed E-state index contributed by atoms with van der Waals surface area (Å²) in [6, 6.07) is 0. The second-order valence-corrected chi connectivity index (χ2v) is 11.8. The Morgan fingerprint density at radius 2 is 1.72 bits per heavy atom. The fourth-order valence-electron chi connectivity index (χ4n) is 7.89. The number of likely N-dealkylation sites (N-methyl/N-ethyl adjacent to an activating group) is 1. The summed E-state index contributed by atoms with van der Waals surface area (Å²) in [5, 5.41) is 6.52. The number of amides is 1. The molecule has 162 valence electrons. The summed E-state index contributed by atoms with van der Waals surface area (Å²) in [6.07, 6.45) is 8.48. The first kappa shape index (κ1) is 20.9. The second-order valence-electron chi connectivity index (χ2n) is 11.8. The van der Waals surface area contributed by atoms with E-state index in [9.17, 15) is 9.59 Å². The number of hydrogen-bond donors (Lipinski definition) is 2. The van der Waals surface area contributed by atoms with Gasteiger partial charge in [0.1, 0.15) is 0 Å². The summed E-state index contributed by atoms with van der Waals surface area (Å²) in [6.45, 7) is 11.1. The average molecular weight is 401 g/mol. The third-order valence-electron chi connectivity index (χ3n) is 9.19. The van der Waals surface area contributed by atoms with Gasteiger partial charge in [-0.05, 0) is 99.9 Å². The normalized spacial score (nSPS) is 42.1. The number of hydrogen-bond acceptors (Lipinski definition) is 3. The number of carbonyl (C=O) groups is 2. The number of nitrogens with one attached hydrogen (secondary N) is 2. The first-order valence-electron chi connectivity index (χ1n) is 11.8. The number of ketones is 1. The van der Waals surface area contributed by atoms with Crippen molar-refractivity contribution in [1.29, 1.82) is 0 Å². The third kappa shape index (κ3) is 3.16. The fourth-order valence-corrected chi connectivity index (χ4v) is 7.89. The van der Waals surface area contributed by atoms with Gasteiger partial charge >= 0.3 is 0 Å². The molecule has 29 heavy (non-hydrogen) atoms. The van der Waals surface area contributed by atoms with Crippen LogP contribution in [0.3, 0.4) is 0 Å². The summed E-state index contributed by atoms with van der Waals surface area (Å²) >= 11 is 0. The van der Waals surface area contributed by atoms with Gasteiger partial charge in [0, 0.05) is 24.9 Å². The van der Waals surface area contributed by atoms with Crippen LogP contribution in [0.5, 0.6) is 0 Å². The summed E-state index contributed by atoms with van der Waals surface area (Å²) < 4.78 is 0. The van der Waals surface area contributed by atoms with Crippen LogP contribution in [0, 0.1) is 34.5 Å².